The van der Waals surface area contributed by atoms with Gasteiger partial charge in [-0.15, -0.1) is 0 Å². The molecular weight excluding hydrogens is 206 g/mol. The Labute approximate surface area is 94.6 Å². The van der Waals surface area contributed by atoms with Gasteiger partial charge < -0.3 is 15.2 Å². The van der Waals surface area contributed by atoms with Gasteiger partial charge in [0.15, 0.2) is 0 Å². The molecule has 1 atom stereocenters. The van der Waals surface area contributed by atoms with Crippen molar-refractivity contribution in [2.24, 2.45) is 11.7 Å². The molecule has 16 heavy (non-hydrogen) atoms. The maximum absolute atomic E-state index is 12.1. The lowest BCUT2D eigenvalue weighted by molar-refractivity contribution is 0.0676. The van der Waals surface area contributed by atoms with Crippen molar-refractivity contribution in [3.05, 3.63) is 17.5 Å². The van der Waals surface area contributed by atoms with Crippen LogP contribution in [0.25, 0.3) is 0 Å². The van der Waals surface area contributed by atoms with Gasteiger partial charge in [0.05, 0.1) is 6.20 Å². The molecule has 1 fully saturated rings. The van der Waals surface area contributed by atoms with Crippen molar-refractivity contribution in [2.75, 3.05) is 19.6 Å². The van der Waals surface area contributed by atoms with Crippen LogP contribution in [0.1, 0.15) is 29.0 Å². The number of hydrogen-bond donors (Lipinski definition) is 1. The molecule has 0 aromatic carbocycles. The third kappa shape index (κ3) is 2.09. The van der Waals surface area contributed by atoms with Crippen molar-refractivity contribution in [3.63, 3.8) is 0 Å². The van der Waals surface area contributed by atoms with Gasteiger partial charge >= 0.3 is 0 Å². The normalized spacial score (nSPS) is 21.1. The molecule has 1 aliphatic heterocycles. The van der Waals surface area contributed by atoms with Crippen LogP contribution in [-0.2, 0) is 0 Å². The fourth-order valence-electron chi connectivity index (χ4n) is 2.12. The lowest BCUT2D eigenvalue weighted by Crippen LogP contribution is -2.42. The van der Waals surface area contributed by atoms with Gasteiger partial charge in [-0.2, -0.15) is 0 Å². The van der Waals surface area contributed by atoms with Crippen molar-refractivity contribution in [2.45, 2.75) is 19.8 Å². The standard InChI is InChI=1S/C11H17N3O2/c1-8-10(6-13-16-8)11(15)14-4-2-3-9(5-12)7-14/h6,9H,2-5,7,12H2,1H3/t9-/m1/s1. The van der Waals surface area contributed by atoms with Crippen LogP contribution in [-0.4, -0.2) is 35.6 Å². The average molecular weight is 223 g/mol. The van der Waals surface area contributed by atoms with Gasteiger partial charge in [-0.3, -0.25) is 4.79 Å². The van der Waals surface area contributed by atoms with Gasteiger partial charge in [-0.05, 0) is 32.2 Å². The summed E-state index contributed by atoms with van der Waals surface area (Å²) in [5, 5.41) is 3.63. The lowest BCUT2D eigenvalue weighted by Gasteiger charge is -2.31. The molecule has 1 amide bonds. The molecule has 1 aromatic heterocycles. The fourth-order valence-corrected chi connectivity index (χ4v) is 2.12. The van der Waals surface area contributed by atoms with Crippen LogP contribution in [0.4, 0.5) is 0 Å². The van der Waals surface area contributed by atoms with E-state index in [1.165, 1.54) is 6.20 Å². The molecule has 0 aliphatic carbocycles. The highest BCUT2D eigenvalue weighted by Crippen LogP contribution is 2.18. The maximum Gasteiger partial charge on any atom is 0.259 e. The van der Waals surface area contributed by atoms with Crippen LogP contribution < -0.4 is 5.73 Å². The quantitative estimate of drug-likeness (QED) is 0.804. The lowest BCUT2D eigenvalue weighted by atomic mass is 9.98. The van der Waals surface area contributed by atoms with Gasteiger partial charge in [0.25, 0.3) is 5.91 Å². The van der Waals surface area contributed by atoms with E-state index in [1.807, 2.05) is 4.90 Å². The van der Waals surface area contributed by atoms with E-state index in [0.717, 1.165) is 25.9 Å². The van der Waals surface area contributed by atoms with Crippen molar-refractivity contribution in [1.82, 2.24) is 10.1 Å². The fraction of sp³-hybridized carbons (Fsp3) is 0.636. The molecule has 1 aliphatic rings. The number of rotatable bonds is 2. The van der Waals surface area contributed by atoms with Gasteiger partial charge in [-0.1, -0.05) is 5.16 Å². The molecule has 2 N–H and O–H groups in total. The Morgan fingerprint density at radius 2 is 2.56 bits per heavy atom. The Bertz CT molecular complexity index is 375. The largest absolute Gasteiger partial charge is 0.361 e. The van der Waals surface area contributed by atoms with E-state index in [0.29, 0.717) is 23.8 Å². The van der Waals surface area contributed by atoms with E-state index in [9.17, 15) is 4.79 Å². The van der Waals surface area contributed by atoms with E-state index in [1.54, 1.807) is 6.92 Å². The van der Waals surface area contributed by atoms with Crippen LogP contribution in [0.2, 0.25) is 0 Å². The number of hydrogen-bond acceptors (Lipinski definition) is 4. The summed E-state index contributed by atoms with van der Waals surface area (Å²) in [6.45, 7) is 3.96. The molecule has 0 saturated carbocycles. The zero-order valence-electron chi connectivity index (χ0n) is 9.48. The van der Waals surface area contributed by atoms with Gasteiger partial charge in [-0.25, -0.2) is 0 Å². The Balaban J connectivity index is 2.07. The topological polar surface area (TPSA) is 72.4 Å². The van der Waals surface area contributed by atoms with Crippen LogP contribution in [0.15, 0.2) is 10.7 Å². The Morgan fingerprint density at radius 3 is 3.19 bits per heavy atom. The minimum absolute atomic E-state index is 0.0110. The Hall–Kier alpha value is -1.36. The molecule has 2 heterocycles. The molecule has 1 saturated heterocycles. The van der Waals surface area contributed by atoms with E-state index in [4.69, 9.17) is 10.3 Å². The van der Waals surface area contributed by atoms with E-state index in [-0.39, 0.29) is 5.91 Å². The first kappa shape index (κ1) is 11.1. The summed E-state index contributed by atoms with van der Waals surface area (Å²) in [5.41, 5.74) is 6.21. The number of aromatic nitrogens is 1. The maximum atomic E-state index is 12.1. The highest BCUT2D eigenvalue weighted by atomic mass is 16.5. The summed E-state index contributed by atoms with van der Waals surface area (Å²) in [4.78, 5) is 14.0. The van der Waals surface area contributed by atoms with Crippen LogP contribution >= 0.6 is 0 Å². The number of carbonyl (C=O) groups is 1. The summed E-state index contributed by atoms with van der Waals surface area (Å²) in [6.07, 6.45) is 3.63. The van der Waals surface area contributed by atoms with Crippen LogP contribution in [0.5, 0.6) is 0 Å². The second-order valence-electron chi connectivity index (χ2n) is 4.29. The van der Waals surface area contributed by atoms with Gasteiger partial charge in [0.1, 0.15) is 11.3 Å². The third-order valence-electron chi connectivity index (χ3n) is 3.12. The van der Waals surface area contributed by atoms with Crippen molar-refractivity contribution in [1.29, 1.82) is 0 Å². The number of aryl methyl sites for hydroxylation is 1. The molecule has 0 bridgehead atoms. The molecular formula is C11H17N3O2. The molecule has 0 unspecified atom stereocenters. The molecule has 0 spiro atoms. The molecule has 1 aromatic rings. The number of nitrogens with zero attached hydrogens (tertiary/aromatic N) is 2. The van der Waals surface area contributed by atoms with Gasteiger partial charge in [0.2, 0.25) is 0 Å². The first-order valence-corrected chi connectivity index (χ1v) is 5.63. The monoisotopic (exact) mass is 223 g/mol. The smallest absolute Gasteiger partial charge is 0.259 e. The SMILES string of the molecule is Cc1oncc1C(=O)N1CCC[C@H](CN)C1. The predicted molar refractivity (Wildman–Crippen MR) is 58.9 cm³/mol. The number of piperidine rings is 1. The molecule has 0 radical (unpaired) electrons. The van der Waals surface area contributed by atoms with Crippen molar-refractivity contribution in [3.8, 4) is 0 Å². The number of likely N-dealkylation sites (tertiary alicyclic amines) is 1. The molecule has 5 nitrogen and oxygen atoms in total. The molecule has 5 heteroatoms. The highest BCUT2D eigenvalue weighted by molar-refractivity contribution is 5.94. The first-order chi connectivity index (χ1) is 7.72. The highest BCUT2D eigenvalue weighted by Gasteiger charge is 2.25. The number of nitrogens with two attached hydrogens (primary N) is 1. The molecule has 88 valence electrons. The average Bonchev–Trinajstić information content (AvgIpc) is 2.74. The number of amides is 1. The first-order valence-electron chi connectivity index (χ1n) is 5.63. The van der Waals surface area contributed by atoms with Crippen molar-refractivity contribution < 1.29 is 9.32 Å². The molecule has 2 rings (SSSR count). The van der Waals surface area contributed by atoms with Crippen LogP contribution in [0.3, 0.4) is 0 Å². The summed E-state index contributed by atoms with van der Waals surface area (Å²) >= 11 is 0. The Kier molecular flexibility index (Phi) is 3.24. The summed E-state index contributed by atoms with van der Waals surface area (Å²) < 4.78 is 4.91. The van der Waals surface area contributed by atoms with Crippen molar-refractivity contribution >= 4 is 5.91 Å². The second kappa shape index (κ2) is 4.65. The minimum Gasteiger partial charge on any atom is -0.361 e. The second-order valence-corrected chi connectivity index (χ2v) is 4.29. The van der Waals surface area contributed by atoms with Crippen LogP contribution in [0, 0.1) is 12.8 Å². The number of carbonyl (C=O) groups excluding carboxylic acids is 1. The minimum atomic E-state index is 0.0110. The summed E-state index contributed by atoms with van der Waals surface area (Å²) in [6, 6.07) is 0. The van der Waals surface area contributed by atoms with Gasteiger partial charge in [0, 0.05) is 13.1 Å². The zero-order chi connectivity index (χ0) is 11.5. The van der Waals surface area contributed by atoms with E-state index in [2.05, 4.69) is 5.16 Å². The third-order valence-corrected chi connectivity index (χ3v) is 3.12. The van der Waals surface area contributed by atoms with E-state index < -0.39 is 0 Å². The van der Waals surface area contributed by atoms with E-state index >= 15 is 0 Å². The summed E-state index contributed by atoms with van der Waals surface area (Å²) in [7, 11) is 0. The Morgan fingerprint density at radius 1 is 1.75 bits per heavy atom. The zero-order valence-corrected chi connectivity index (χ0v) is 9.48. The summed E-state index contributed by atoms with van der Waals surface area (Å²) in [5.74, 6) is 1.02. The predicted octanol–water partition coefficient (Wildman–Crippen LogP) is 0.794.